The zero-order chi connectivity index (χ0) is 8.85. The molecule has 0 aromatic rings. The molecule has 1 N–H and O–H groups in total. The molecule has 4 heteroatoms. The third-order valence-corrected chi connectivity index (χ3v) is 1.13. The molecular formula is C7H16N2O2. The van der Waals surface area contributed by atoms with Gasteiger partial charge in [0.1, 0.15) is 6.10 Å². The Morgan fingerprint density at radius 1 is 1.64 bits per heavy atom. The van der Waals surface area contributed by atoms with Gasteiger partial charge in [-0.05, 0) is 21.0 Å². The molecule has 0 rings (SSSR count). The number of hydrogen-bond donors (Lipinski definition) is 1. The van der Waals surface area contributed by atoms with Gasteiger partial charge in [0.05, 0.1) is 0 Å². The summed E-state index contributed by atoms with van der Waals surface area (Å²) in [6.07, 6.45) is -0.440. The highest BCUT2D eigenvalue weighted by atomic mass is 16.6. The van der Waals surface area contributed by atoms with Crippen LogP contribution in [0.3, 0.4) is 0 Å². The Kier molecular flexibility index (Phi) is 4.61. The molecule has 66 valence electrons. The molecule has 0 aromatic heterocycles. The Morgan fingerprint density at radius 2 is 2.18 bits per heavy atom. The van der Waals surface area contributed by atoms with Crippen molar-refractivity contribution in [2.75, 3.05) is 27.7 Å². The van der Waals surface area contributed by atoms with Gasteiger partial charge in [0.25, 0.3) is 0 Å². The molecule has 1 atom stereocenters. The van der Waals surface area contributed by atoms with Crippen LogP contribution in [0.15, 0.2) is 0 Å². The van der Waals surface area contributed by atoms with Crippen molar-refractivity contribution in [3.63, 3.8) is 0 Å². The molecule has 4 nitrogen and oxygen atoms in total. The van der Waals surface area contributed by atoms with Crippen LogP contribution in [0.1, 0.15) is 6.92 Å². The molecule has 0 saturated heterocycles. The second-order valence-electron chi connectivity index (χ2n) is 2.73. The number of likely N-dealkylation sites (N-methyl/N-ethyl adjacent to an activating group) is 1. The van der Waals surface area contributed by atoms with Gasteiger partial charge in [-0.1, -0.05) is 0 Å². The van der Waals surface area contributed by atoms with Gasteiger partial charge in [-0.15, -0.1) is 0 Å². The lowest BCUT2D eigenvalue weighted by Crippen LogP contribution is -2.31. The van der Waals surface area contributed by atoms with Crippen LogP contribution in [0.4, 0.5) is 4.79 Å². The molecule has 1 amide bonds. The highest BCUT2D eigenvalue weighted by Gasteiger charge is 2.07. The van der Waals surface area contributed by atoms with Crippen LogP contribution in [-0.2, 0) is 4.74 Å². The van der Waals surface area contributed by atoms with E-state index < -0.39 is 0 Å². The van der Waals surface area contributed by atoms with E-state index in [2.05, 4.69) is 5.32 Å². The Bertz CT molecular complexity index is 126. The van der Waals surface area contributed by atoms with Crippen molar-refractivity contribution in [2.24, 2.45) is 0 Å². The number of ether oxygens (including phenoxy) is 1. The molecule has 1 unspecified atom stereocenters. The fourth-order valence-corrected chi connectivity index (χ4v) is 0.793. The summed E-state index contributed by atoms with van der Waals surface area (Å²) in [5.74, 6) is 0. The summed E-state index contributed by atoms with van der Waals surface area (Å²) in [4.78, 5) is 12.6. The molecule has 11 heavy (non-hydrogen) atoms. The van der Waals surface area contributed by atoms with E-state index in [0.29, 0.717) is 0 Å². The van der Waals surface area contributed by atoms with Crippen LogP contribution in [-0.4, -0.2) is 44.8 Å². The monoisotopic (exact) mass is 160 g/mol. The number of rotatable bonds is 3. The number of alkyl carbamates (subject to hydrolysis) is 1. The lowest BCUT2D eigenvalue weighted by atomic mass is 10.4. The molecule has 0 spiro atoms. The third-order valence-electron chi connectivity index (χ3n) is 1.13. The standard InChI is InChI=1S/C7H16N2O2/c1-6(5-9(3)4)11-7(10)8-2/h6H,5H2,1-4H3,(H,8,10). The minimum atomic E-state index is -0.376. The van der Waals surface area contributed by atoms with E-state index >= 15 is 0 Å². The van der Waals surface area contributed by atoms with E-state index in [1.54, 1.807) is 7.05 Å². The number of nitrogens with one attached hydrogen (secondary N) is 1. The quantitative estimate of drug-likeness (QED) is 0.645. The first-order valence-electron chi connectivity index (χ1n) is 3.59. The summed E-state index contributed by atoms with van der Waals surface area (Å²) in [6, 6.07) is 0. The molecule has 0 aromatic carbocycles. The van der Waals surface area contributed by atoms with Gasteiger partial charge in [-0.25, -0.2) is 4.79 Å². The number of nitrogens with zero attached hydrogens (tertiary/aromatic N) is 1. The summed E-state index contributed by atoms with van der Waals surface area (Å²) in [7, 11) is 5.41. The van der Waals surface area contributed by atoms with E-state index in [1.807, 2.05) is 25.9 Å². The zero-order valence-corrected chi connectivity index (χ0v) is 7.55. The summed E-state index contributed by atoms with van der Waals surface area (Å²) < 4.78 is 4.92. The van der Waals surface area contributed by atoms with Crippen LogP contribution >= 0.6 is 0 Å². The topological polar surface area (TPSA) is 41.6 Å². The summed E-state index contributed by atoms with van der Waals surface area (Å²) in [5.41, 5.74) is 0. The molecule has 0 aliphatic heterocycles. The maximum absolute atomic E-state index is 10.7. The van der Waals surface area contributed by atoms with Gasteiger partial charge in [-0.3, -0.25) is 0 Å². The smallest absolute Gasteiger partial charge is 0.407 e. The average Bonchev–Trinajstić information content (AvgIpc) is 1.85. The van der Waals surface area contributed by atoms with Crippen molar-refractivity contribution in [1.29, 1.82) is 0 Å². The number of amides is 1. The largest absolute Gasteiger partial charge is 0.445 e. The predicted octanol–water partition coefficient (Wildman–Crippen LogP) is 0.292. The minimum absolute atomic E-state index is 0.0649. The Morgan fingerprint density at radius 3 is 2.55 bits per heavy atom. The van der Waals surface area contributed by atoms with Gasteiger partial charge in [0, 0.05) is 13.6 Å². The highest BCUT2D eigenvalue weighted by molar-refractivity contribution is 5.66. The van der Waals surface area contributed by atoms with Crippen molar-refractivity contribution in [3.05, 3.63) is 0 Å². The van der Waals surface area contributed by atoms with Gasteiger partial charge in [-0.2, -0.15) is 0 Å². The normalized spacial score (nSPS) is 12.8. The van der Waals surface area contributed by atoms with Crippen LogP contribution in [0.25, 0.3) is 0 Å². The first-order valence-corrected chi connectivity index (χ1v) is 3.59. The molecule has 0 aliphatic carbocycles. The van der Waals surface area contributed by atoms with Crippen LogP contribution in [0.5, 0.6) is 0 Å². The Labute approximate surface area is 67.5 Å². The second-order valence-corrected chi connectivity index (χ2v) is 2.73. The molecular weight excluding hydrogens is 144 g/mol. The molecule has 0 saturated carbocycles. The summed E-state index contributed by atoms with van der Waals surface area (Å²) in [5, 5.41) is 2.39. The highest BCUT2D eigenvalue weighted by Crippen LogP contribution is 1.92. The lowest BCUT2D eigenvalue weighted by molar-refractivity contribution is 0.0926. The fraction of sp³-hybridized carbons (Fsp3) is 0.857. The minimum Gasteiger partial charge on any atom is -0.445 e. The number of hydrogen-bond acceptors (Lipinski definition) is 3. The summed E-state index contributed by atoms with van der Waals surface area (Å²) in [6.45, 7) is 2.60. The number of carbonyl (C=O) groups is 1. The second kappa shape index (κ2) is 4.96. The number of carbonyl (C=O) groups excluding carboxylic acids is 1. The van der Waals surface area contributed by atoms with E-state index in [1.165, 1.54) is 0 Å². The first-order chi connectivity index (χ1) is 5.06. The molecule has 0 bridgehead atoms. The van der Waals surface area contributed by atoms with Gasteiger partial charge < -0.3 is 15.0 Å². The maximum Gasteiger partial charge on any atom is 0.407 e. The Hall–Kier alpha value is -0.770. The van der Waals surface area contributed by atoms with Crippen molar-refractivity contribution < 1.29 is 9.53 Å². The van der Waals surface area contributed by atoms with Crippen molar-refractivity contribution >= 4 is 6.09 Å². The fourth-order valence-electron chi connectivity index (χ4n) is 0.793. The predicted molar refractivity (Wildman–Crippen MR) is 43.6 cm³/mol. The maximum atomic E-state index is 10.7. The molecule has 0 aliphatic rings. The van der Waals surface area contributed by atoms with Gasteiger partial charge in [0.15, 0.2) is 0 Å². The Balaban J connectivity index is 3.51. The molecule has 0 fully saturated rings. The van der Waals surface area contributed by atoms with E-state index in [-0.39, 0.29) is 12.2 Å². The zero-order valence-electron chi connectivity index (χ0n) is 7.55. The molecule has 0 radical (unpaired) electrons. The molecule has 0 heterocycles. The summed E-state index contributed by atoms with van der Waals surface area (Å²) >= 11 is 0. The lowest BCUT2D eigenvalue weighted by Gasteiger charge is -2.16. The van der Waals surface area contributed by atoms with E-state index in [0.717, 1.165) is 6.54 Å². The van der Waals surface area contributed by atoms with Crippen molar-refractivity contribution in [3.8, 4) is 0 Å². The van der Waals surface area contributed by atoms with Crippen molar-refractivity contribution in [2.45, 2.75) is 13.0 Å². The van der Waals surface area contributed by atoms with Crippen molar-refractivity contribution in [1.82, 2.24) is 10.2 Å². The van der Waals surface area contributed by atoms with Crippen LogP contribution in [0.2, 0.25) is 0 Å². The van der Waals surface area contributed by atoms with E-state index in [9.17, 15) is 4.79 Å². The SMILES string of the molecule is CNC(=O)OC(C)CN(C)C. The van der Waals surface area contributed by atoms with Gasteiger partial charge >= 0.3 is 6.09 Å². The average molecular weight is 160 g/mol. The van der Waals surface area contributed by atoms with E-state index in [4.69, 9.17) is 4.74 Å². The van der Waals surface area contributed by atoms with Crippen LogP contribution in [0, 0.1) is 0 Å². The van der Waals surface area contributed by atoms with Gasteiger partial charge in [0.2, 0.25) is 0 Å². The van der Waals surface area contributed by atoms with Crippen LogP contribution < -0.4 is 5.32 Å². The third kappa shape index (κ3) is 5.66. The first kappa shape index (κ1) is 10.2.